The Morgan fingerprint density at radius 1 is 1.62 bits per heavy atom. The van der Waals surface area contributed by atoms with Crippen molar-refractivity contribution >= 4 is 19.7 Å². The molecule has 0 amide bonds. The summed E-state index contributed by atoms with van der Waals surface area (Å²) >= 11 is 0. The van der Waals surface area contributed by atoms with Gasteiger partial charge in [-0.3, -0.25) is 0 Å². The molecule has 1 aliphatic rings. The van der Waals surface area contributed by atoms with Crippen molar-refractivity contribution < 1.29 is 8.42 Å². The van der Waals surface area contributed by atoms with Gasteiger partial charge < -0.3 is 4.90 Å². The van der Waals surface area contributed by atoms with Gasteiger partial charge in [0.1, 0.15) is 0 Å². The Morgan fingerprint density at radius 2 is 2.31 bits per heavy atom. The first-order valence-electron chi connectivity index (χ1n) is 4.30. The monoisotopic (exact) mass is 223 g/mol. The molecule has 0 N–H and O–H groups in total. The zero-order chi connectivity index (χ0) is 9.90. The van der Waals surface area contributed by atoms with Gasteiger partial charge in [0.25, 0.3) is 9.05 Å². The summed E-state index contributed by atoms with van der Waals surface area (Å²) in [7, 11) is 3.62. The minimum Gasteiger partial charge on any atom is -0.303 e. The summed E-state index contributed by atoms with van der Waals surface area (Å²) < 4.78 is 21.1. The molecule has 76 valence electrons. The van der Waals surface area contributed by atoms with Crippen molar-refractivity contribution in [1.29, 1.82) is 0 Å². The third-order valence-electron chi connectivity index (χ3n) is 2.34. The summed E-state index contributed by atoms with van der Waals surface area (Å²) in [5.74, 6) is 0. The Balaban J connectivity index is 2.38. The summed E-state index contributed by atoms with van der Waals surface area (Å²) in [5.41, 5.74) is 0. The average molecular weight is 224 g/mol. The number of hydrogen-bond donors (Lipinski definition) is 0. The van der Waals surface area contributed by atoms with E-state index in [-0.39, 0.29) is 0 Å². The van der Waals surface area contributed by atoms with Gasteiger partial charge in [-0.15, -0.1) is 0 Å². The van der Waals surface area contributed by atoms with Crippen LogP contribution in [0.2, 0.25) is 0 Å². The first-order valence-corrected chi connectivity index (χ1v) is 6.68. The predicted octanol–water partition coefficient (Wildman–Crippen LogP) is 1.55. The number of hydrogen-bond acceptors (Lipinski definition) is 3. The van der Waals surface area contributed by atoms with Gasteiger partial charge in [-0.05, 0) is 32.9 Å². The number of nitrogens with zero attached hydrogens (tertiary/aromatic N) is 1. The van der Waals surface area contributed by atoms with Crippen LogP contribution < -0.4 is 0 Å². The molecule has 0 spiro atoms. The molecule has 1 saturated heterocycles. The molecule has 0 bridgehead atoms. The largest absolute Gasteiger partial charge is 0.303 e. The molecular formula is C8H14ClNO2S. The smallest absolute Gasteiger partial charge is 0.254 e. The fourth-order valence-electron chi connectivity index (χ4n) is 1.60. The van der Waals surface area contributed by atoms with E-state index in [1.54, 1.807) is 6.08 Å². The molecule has 1 aliphatic heterocycles. The van der Waals surface area contributed by atoms with Crippen LogP contribution in [0.25, 0.3) is 0 Å². The highest BCUT2D eigenvalue weighted by atomic mass is 35.7. The van der Waals surface area contributed by atoms with Gasteiger partial charge in [-0.25, -0.2) is 8.42 Å². The summed E-state index contributed by atoms with van der Waals surface area (Å²) in [6, 6.07) is 0.481. The first-order chi connectivity index (χ1) is 5.99. The van der Waals surface area contributed by atoms with Gasteiger partial charge >= 0.3 is 0 Å². The van der Waals surface area contributed by atoms with Crippen LogP contribution in [0.1, 0.15) is 19.3 Å². The molecule has 1 atom stereocenters. The van der Waals surface area contributed by atoms with E-state index in [4.69, 9.17) is 10.7 Å². The Hall–Kier alpha value is -0.0600. The van der Waals surface area contributed by atoms with Crippen molar-refractivity contribution in [3.63, 3.8) is 0 Å². The van der Waals surface area contributed by atoms with E-state index < -0.39 is 9.05 Å². The third-order valence-corrected chi connectivity index (χ3v) is 3.16. The number of halogens is 1. The van der Waals surface area contributed by atoms with Gasteiger partial charge in [0, 0.05) is 22.1 Å². The molecule has 1 heterocycles. The zero-order valence-electron chi connectivity index (χ0n) is 7.61. The number of rotatable bonds is 3. The quantitative estimate of drug-likeness (QED) is 0.682. The Labute approximate surface area is 83.8 Å². The zero-order valence-corrected chi connectivity index (χ0v) is 9.18. The van der Waals surface area contributed by atoms with Crippen LogP contribution >= 0.6 is 10.7 Å². The van der Waals surface area contributed by atoms with E-state index in [0.717, 1.165) is 24.8 Å². The second-order valence-corrected chi connectivity index (χ2v) is 5.87. The van der Waals surface area contributed by atoms with Crippen LogP contribution in [0.5, 0.6) is 0 Å². The number of likely N-dealkylation sites (tertiary alicyclic amines) is 1. The molecule has 13 heavy (non-hydrogen) atoms. The van der Waals surface area contributed by atoms with Crippen molar-refractivity contribution in [2.45, 2.75) is 25.3 Å². The molecule has 3 nitrogen and oxygen atoms in total. The minimum atomic E-state index is -3.46. The van der Waals surface area contributed by atoms with E-state index in [0.29, 0.717) is 6.04 Å². The normalized spacial score (nSPS) is 25.8. The van der Waals surface area contributed by atoms with Crippen molar-refractivity contribution in [3.05, 3.63) is 11.5 Å². The predicted molar refractivity (Wildman–Crippen MR) is 54.2 cm³/mol. The van der Waals surface area contributed by atoms with E-state index >= 15 is 0 Å². The van der Waals surface area contributed by atoms with Gasteiger partial charge in [0.05, 0.1) is 0 Å². The van der Waals surface area contributed by atoms with Gasteiger partial charge in [0.15, 0.2) is 0 Å². The molecule has 0 aromatic heterocycles. The molecule has 0 aromatic carbocycles. The van der Waals surface area contributed by atoms with Crippen LogP contribution in [0.3, 0.4) is 0 Å². The van der Waals surface area contributed by atoms with Crippen LogP contribution in [0.15, 0.2) is 11.5 Å². The van der Waals surface area contributed by atoms with Gasteiger partial charge in [-0.1, -0.05) is 6.08 Å². The SMILES string of the molecule is CN1CCCC1C/C=C\S(=O)(=O)Cl. The first kappa shape index (κ1) is 11.0. The van der Waals surface area contributed by atoms with E-state index in [9.17, 15) is 8.42 Å². The maximum Gasteiger partial charge on any atom is 0.254 e. The Bertz CT molecular complexity index is 287. The molecule has 0 saturated carbocycles. The van der Waals surface area contributed by atoms with Crippen molar-refractivity contribution in [2.24, 2.45) is 0 Å². The van der Waals surface area contributed by atoms with Crippen molar-refractivity contribution in [2.75, 3.05) is 13.6 Å². The van der Waals surface area contributed by atoms with E-state index in [1.807, 2.05) is 0 Å². The highest BCUT2D eigenvalue weighted by Crippen LogP contribution is 2.18. The lowest BCUT2D eigenvalue weighted by molar-refractivity contribution is 0.313. The fraction of sp³-hybridized carbons (Fsp3) is 0.750. The highest BCUT2D eigenvalue weighted by molar-refractivity contribution is 8.16. The lowest BCUT2D eigenvalue weighted by Gasteiger charge is -2.16. The second-order valence-electron chi connectivity index (χ2n) is 3.36. The molecule has 0 aromatic rings. The highest BCUT2D eigenvalue weighted by Gasteiger charge is 2.18. The van der Waals surface area contributed by atoms with Crippen molar-refractivity contribution in [3.8, 4) is 0 Å². The van der Waals surface area contributed by atoms with Crippen LogP contribution in [-0.4, -0.2) is 33.0 Å². The van der Waals surface area contributed by atoms with Crippen molar-refractivity contribution in [1.82, 2.24) is 4.90 Å². The standard InChI is InChI=1S/C8H14ClNO2S/c1-10-6-2-4-8(10)5-3-7-13(9,11)12/h3,7-8H,2,4-6H2,1H3/b7-3-. The molecular weight excluding hydrogens is 210 g/mol. The van der Waals surface area contributed by atoms with Gasteiger partial charge in [-0.2, -0.15) is 0 Å². The average Bonchev–Trinajstić information content (AvgIpc) is 2.34. The Morgan fingerprint density at radius 3 is 2.77 bits per heavy atom. The summed E-state index contributed by atoms with van der Waals surface area (Å²) in [6.45, 7) is 1.10. The topological polar surface area (TPSA) is 37.4 Å². The van der Waals surface area contributed by atoms with Crippen LogP contribution in [0, 0.1) is 0 Å². The minimum absolute atomic E-state index is 0.481. The molecule has 0 aliphatic carbocycles. The molecule has 1 rings (SSSR count). The second kappa shape index (κ2) is 4.44. The Kier molecular flexibility index (Phi) is 3.76. The van der Waals surface area contributed by atoms with E-state index in [1.165, 1.54) is 6.42 Å². The molecule has 1 unspecified atom stereocenters. The lowest BCUT2D eigenvalue weighted by Crippen LogP contribution is -2.23. The maximum atomic E-state index is 10.6. The maximum absolute atomic E-state index is 10.6. The third kappa shape index (κ3) is 4.11. The molecule has 0 radical (unpaired) electrons. The van der Waals surface area contributed by atoms with Crippen LogP contribution in [-0.2, 0) is 9.05 Å². The van der Waals surface area contributed by atoms with Crippen LogP contribution in [0.4, 0.5) is 0 Å². The fourth-order valence-corrected chi connectivity index (χ4v) is 2.16. The summed E-state index contributed by atoms with van der Waals surface area (Å²) in [6.07, 6.45) is 4.74. The molecule has 5 heteroatoms. The van der Waals surface area contributed by atoms with E-state index in [2.05, 4.69) is 11.9 Å². The summed E-state index contributed by atoms with van der Waals surface area (Å²) in [5, 5.41) is 1.07. The lowest BCUT2D eigenvalue weighted by atomic mass is 10.1. The molecule has 1 fully saturated rings. The van der Waals surface area contributed by atoms with Gasteiger partial charge in [0.2, 0.25) is 0 Å². The summed E-state index contributed by atoms with van der Waals surface area (Å²) in [4.78, 5) is 2.24.